The predicted octanol–water partition coefficient (Wildman–Crippen LogP) is 3.60. The number of aliphatic carboxylic acids is 1. The zero-order valence-corrected chi connectivity index (χ0v) is 14.0. The summed E-state index contributed by atoms with van der Waals surface area (Å²) >= 11 is 0. The second-order valence-corrected chi connectivity index (χ2v) is 7.42. The number of carboxylic acids is 1. The van der Waals surface area contributed by atoms with E-state index < -0.39 is 5.97 Å². The lowest BCUT2D eigenvalue weighted by Crippen LogP contribution is -2.39. The molecule has 0 saturated heterocycles. The molecule has 1 aliphatic carbocycles. The van der Waals surface area contributed by atoms with Crippen LogP contribution < -0.4 is 0 Å². The molecule has 0 spiro atoms. The first-order chi connectivity index (χ1) is 10.4. The Morgan fingerprint density at radius 3 is 2.55 bits per heavy atom. The number of hydrogen-bond acceptors (Lipinski definition) is 3. The van der Waals surface area contributed by atoms with Crippen LogP contribution in [0.2, 0.25) is 0 Å². The van der Waals surface area contributed by atoms with Crippen LogP contribution in [0.5, 0.6) is 0 Å². The van der Waals surface area contributed by atoms with Crippen LogP contribution in [-0.4, -0.2) is 33.5 Å². The topological polar surface area (TPSA) is 53.4 Å². The fourth-order valence-electron chi connectivity index (χ4n) is 3.15. The van der Waals surface area contributed by atoms with E-state index >= 15 is 0 Å². The third-order valence-electron chi connectivity index (χ3n) is 4.48. The largest absolute Gasteiger partial charge is 0.480 e. The number of carbonyl (C=O) groups is 1. The average molecular weight is 304 g/mol. The van der Waals surface area contributed by atoms with Gasteiger partial charge in [-0.1, -0.05) is 46.1 Å². The molecule has 0 unspecified atom stereocenters. The van der Waals surface area contributed by atoms with Crippen molar-refractivity contribution in [1.82, 2.24) is 9.88 Å². The van der Waals surface area contributed by atoms with E-state index in [0.717, 1.165) is 18.4 Å². The van der Waals surface area contributed by atoms with Crippen molar-refractivity contribution in [1.29, 1.82) is 0 Å². The van der Waals surface area contributed by atoms with Crippen LogP contribution in [0.15, 0.2) is 18.5 Å². The molecule has 4 heteroatoms. The smallest absolute Gasteiger partial charge is 0.317 e. The second kappa shape index (κ2) is 7.23. The van der Waals surface area contributed by atoms with E-state index in [4.69, 9.17) is 0 Å². The minimum atomic E-state index is -0.745. The molecule has 1 aromatic heterocycles. The summed E-state index contributed by atoms with van der Waals surface area (Å²) in [6, 6.07) is 2.56. The number of hydrogen-bond donors (Lipinski definition) is 1. The van der Waals surface area contributed by atoms with Crippen molar-refractivity contribution in [2.24, 2.45) is 0 Å². The fraction of sp³-hybridized carbons (Fsp3) is 0.667. The van der Waals surface area contributed by atoms with Gasteiger partial charge in [-0.3, -0.25) is 14.7 Å². The van der Waals surface area contributed by atoms with Gasteiger partial charge in [0.05, 0.1) is 6.54 Å². The van der Waals surface area contributed by atoms with Crippen molar-refractivity contribution in [3.05, 3.63) is 29.6 Å². The summed E-state index contributed by atoms with van der Waals surface area (Å²) in [6.07, 6.45) is 9.69. The van der Waals surface area contributed by atoms with Crippen molar-refractivity contribution < 1.29 is 9.90 Å². The van der Waals surface area contributed by atoms with Gasteiger partial charge in [-0.15, -0.1) is 0 Å². The van der Waals surface area contributed by atoms with Crippen LogP contribution in [0.1, 0.15) is 64.0 Å². The van der Waals surface area contributed by atoms with Crippen LogP contribution in [-0.2, 0) is 16.8 Å². The molecule has 2 rings (SSSR count). The van der Waals surface area contributed by atoms with Crippen molar-refractivity contribution >= 4 is 5.97 Å². The first-order valence-corrected chi connectivity index (χ1v) is 8.26. The lowest BCUT2D eigenvalue weighted by molar-refractivity contribution is -0.139. The average Bonchev–Trinajstić information content (AvgIpc) is 2.46. The molecule has 4 nitrogen and oxygen atoms in total. The quantitative estimate of drug-likeness (QED) is 0.903. The van der Waals surface area contributed by atoms with E-state index in [-0.39, 0.29) is 12.0 Å². The summed E-state index contributed by atoms with van der Waals surface area (Å²) < 4.78 is 0. The van der Waals surface area contributed by atoms with E-state index in [1.807, 2.05) is 12.4 Å². The summed E-state index contributed by atoms with van der Waals surface area (Å²) in [6.45, 7) is 7.30. The highest BCUT2D eigenvalue weighted by Crippen LogP contribution is 2.26. The third-order valence-corrected chi connectivity index (χ3v) is 4.48. The van der Waals surface area contributed by atoms with Gasteiger partial charge in [0.25, 0.3) is 0 Å². The molecule has 122 valence electrons. The fourth-order valence-corrected chi connectivity index (χ4v) is 3.15. The summed E-state index contributed by atoms with van der Waals surface area (Å²) in [5, 5.41) is 9.22. The van der Waals surface area contributed by atoms with Gasteiger partial charge in [0.1, 0.15) is 0 Å². The van der Waals surface area contributed by atoms with Crippen LogP contribution in [0.4, 0.5) is 0 Å². The SMILES string of the molecule is CC(C)(C)c1cncc(CN(CC(=O)O)C2CCCCC2)c1. The zero-order chi connectivity index (χ0) is 16.2. The molecule has 1 aromatic rings. The summed E-state index contributed by atoms with van der Waals surface area (Å²) in [5.74, 6) is -0.745. The Morgan fingerprint density at radius 2 is 1.95 bits per heavy atom. The molecule has 0 aromatic carbocycles. The molecule has 1 aliphatic rings. The first-order valence-electron chi connectivity index (χ1n) is 8.26. The highest BCUT2D eigenvalue weighted by atomic mass is 16.4. The normalized spacial score (nSPS) is 16.9. The van der Waals surface area contributed by atoms with Gasteiger partial charge in [-0.05, 0) is 29.4 Å². The van der Waals surface area contributed by atoms with Gasteiger partial charge in [0.15, 0.2) is 0 Å². The molecular formula is C18H28N2O2. The zero-order valence-electron chi connectivity index (χ0n) is 14.0. The van der Waals surface area contributed by atoms with Gasteiger partial charge in [-0.2, -0.15) is 0 Å². The van der Waals surface area contributed by atoms with Crippen molar-refractivity contribution in [2.75, 3.05) is 6.54 Å². The minimum Gasteiger partial charge on any atom is -0.480 e. The summed E-state index contributed by atoms with van der Waals surface area (Å²) in [7, 11) is 0. The lowest BCUT2D eigenvalue weighted by atomic mass is 9.87. The summed E-state index contributed by atoms with van der Waals surface area (Å²) in [4.78, 5) is 17.7. The van der Waals surface area contributed by atoms with E-state index in [1.54, 1.807) is 0 Å². The van der Waals surface area contributed by atoms with Crippen LogP contribution in [0.3, 0.4) is 0 Å². The van der Waals surface area contributed by atoms with E-state index in [9.17, 15) is 9.90 Å². The van der Waals surface area contributed by atoms with Gasteiger partial charge in [0.2, 0.25) is 0 Å². The molecule has 0 amide bonds. The minimum absolute atomic E-state index is 0.0610. The third kappa shape index (κ3) is 4.80. The van der Waals surface area contributed by atoms with E-state index in [0.29, 0.717) is 12.6 Å². The van der Waals surface area contributed by atoms with Gasteiger partial charge in [-0.25, -0.2) is 0 Å². The monoisotopic (exact) mass is 304 g/mol. The van der Waals surface area contributed by atoms with Crippen molar-refractivity contribution in [3.63, 3.8) is 0 Å². The molecule has 0 bridgehead atoms. The molecule has 1 heterocycles. The van der Waals surface area contributed by atoms with E-state index in [2.05, 4.69) is 36.7 Å². The Balaban J connectivity index is 2.13. The molecule has 22 heavy (non-hydrogen) atoms. The Morgan fingerprint density at radius 1 is 1.27 bits per heavy atom. The predicted molar refractivity (Wildman–Crippen MR) is 87.9 cm³/mol. The molecule has 0 atom stereocenters. The molecule has 1 fully saturated rings. The van der Waals surface area contributed by atoms with E-state index in [1.165, 1.54) is 24.8 Å². The first kappa shape index (κ1) is 16.9. The van der Waals surface area contributed by atoms with Crippen LogP contribution >= 0.6 is 0 Å². The number of rotatable bonds is 5. The maximum absolute atomic E-state index is 11.2. The van der Waals surface area contributed by atoms with Gasteiger partial charge in [0, 0.05) is 25.0 Å². The van der Waals surface area contributed by atoms with Gasteiger partial charge < -0.3 is 5.11 Å². The highest BCUT2D eigenvalue weighted by molar-refractivity contribution is 5.69. The maximum Gasteiger partial charge on any atom is 0.317 e. The Labute approximate surface area is 133 Å². The second-order valence-electron chi connectivity index (χ2n) is 7.42. The van der Waals surface area contributed by atoms with Crippen molar-refractivity contribution in [2.45, 2.75) is 70.9 Å². The summed E-state index contributed by atoms with van der Waals surface area (Å²) in [5.41, 5.74) is 2.37. The molecular weight excluding hydrogens is 276 g/mol. The van der Waals surface area contributed by atoms with Crippen molar-refractivity contribution in [3.8, 4) is 0 Å². The maximum atomic E-state index is 11.2. The highest BCUT2D eigenvalue weighted by Gasteiger charge is 2.23. The Bertz CT molecular complexity index is 502. The molecule has 1 saturated carbocycles. The Kier molecular flexibility index (Phi) is 5.57. The molecule has 0 aliphatic heterocycles. The molecule has 1 N–H and O–H groups in total. The van der Waals surface area contributed by atoms with Crippen LogP contribution in [0.25, 0.3) is 0 Å². The van der Waals surface area contributed by atoms with Gasteiger partial charge >= 0.3 is 5.97 Å². The lowest BCUT2D eigenvalue weighted by Gasteiger charge is -2.33. The number of pyridine rings is 1. The number of carboxylic acid groups (broad SMARTS) is 1. The Hall–Kier alpha value is -1.42. The number of nitrogens with zero attached hydrogens (tertiary/aromatic N) is 2. The van der Waals surface area contributed by atoms with Crippen LogP contribution in [0, 0.1) is 0 Å². The number of aromatic nitrogens is 1. The standard InChI is InChI=1S/C18H28N2O2/c1-18(2,3)15-9-14(10-19-11-15)12-20(13-17(21)22)16-7-5-4-6-8-16/h9-11,16H,4-8,12-13H2,1-3H3,(H,21,22). The molecule has 0 radical (unpaired) electrons.